The van der Waals surface area contributed by atoms with Crippen LogP contribution in [0.4, 0.5) is 0 Å². The number of hydrogen-bond acceptors (Lipinski definition) is 6. The molecule has 3 amide bonds. The molecule has 1 saturated heterocycles. The van der Waals surface area contributed by atoms with E-state index in [9.17, 15) is 19.2 Å². The van der Waals surface area contributed by atoms with Crippen molar-refractivity contribution in [2.75, 3.05) is 6.54 Å². The maximum atomic E-state index is 14.2. The lowest BCUT2D eigenvalue weighted by molar-refractivity contribution is -0.125. The van der Waals surface area contributed by atoms with Crippen molar-refractivity contribution in [1.82, 2.24) is 35.1 Å². The maximum absolute atomic E-state index is 14.2. The molecule has 6 rings (SSSR count). The second kappa shape index (κ2) is 11.6. The van der Waals surface area contributed by atoms with Crippen molar-refractivity contribution in [3.63, 3.8) is 0 Å². The molecule has 0 bridgehead atoms. The Labute approximate surface area is 245 Å². The number of nitrogens with zero attached hydrogens (tertiary/aromatic N) is 4. The van der Waals surface area contributed by atoms with E-state index in [4.69, 9.17) is 0 Å². The number of hydrogen-bond donors (Lipinski definition) is 3. The standard InChI is InChI=1S/C32H27N7O4/c1-20(36-30(41)24-19-35-38-17-7-16-33-29(24)38)26-18-22-9-5-8-21(10-6-15-34-31(42)25-13-14-27(40)37-25)28(22)32(43)39(26)23-11-3-2-4-12-23/h2-5,7-9,11-12,16-20,25H,13-15H2,1H3,(H,34,42)(H,36,41)(H,37,40)/t20-,25-/m0/s1. The molecule has 1 fully saturated rings. The third-order valence-corrected chi connectivity index (χ3v) is 7.29. The summed E-state index contributed by atoms with van der Waals surface area (Å²) in [7, 11) is 0. The molecule has 3 N–H and O–H groups in total. The van der Waals surface area contributed by atoms with Gasteiger partial charge in [-0.1, -0.05) is 42.2 Å². The molecule has 4 heterocycles. The summed E-state index contributed by atoms with van der Waals surface area (Å²) >= 11 is 0. The average molecular weight is 574 g/mol. The largest absolute Gasteiger partial charge is 0.344 e. The van der Waals surface area contributed by atoms with Crippen LogP contribution >= 0.6 is 0 Å². The summed E-state index contributed by atoms with van der Waals surface area (Å²) in [4.78, 5) is 55.4. The molecule has 2 aromatic carbocycles. The number of rotatable bonds is 6. The van der Waals surface area contributed by atoms with Crippen LogP contribution < -0.4 is 21.5 Å². The monoisotopic (exact) mass is 573 g/mol. The van der Waals surface area contributed by atoms with Gasteiger partial charge in [0.25, 0.3) is 11.5 Å². The smallest absolute Gasteiger partial charge is 0.264 e. The molecule has 1 aliphatic rings. The highest BCUT2D eigenvalue weighted by Crippen LogP contribution is 2.23. The number of aromatic nitrogens is 4. The number of amides is 3. The summed E-state index contributed by atoms with van der Waals surface area (Å²) in [5.41, 5.74) is 2.19. The number of carbonyl (C=O) groups is 3. The molecule has 43 heavy (non-hydrogen) atoms. The van der Waals surface area contributed by atoms with Gasteiger partial charge in [0.2, 0.25) is 11.8 Å². The van der Waals surface area contributed by atoms with E-state index in [1.54, 1.807) is 29.1 Å². The van der Waals surface area contributed by atoms with Gasteiger partial charge in [-0.05, 0) is 49.1 Å². The number of carbonyl (C=O) groups excluding carboxylic acids is 3. The Morgan fingerprint density at radius 3 is 2.74 bits per heavy atom. The highest BCUT2D eigenvalue weighted by atomic mass is 16.2. The summed E-state index contributed by atoms with van der Waals surface area (Å²) in [5, 5.41) is 13.6. The van der Waals surface area contributed by atoms with Gasteiger partial charge in [0.15, 0.2) is 5.65 Å². The molecule has 1 aliphatic heterocycles. The van der Waals surface area contributed by atoms with Crippen LogP contribution in [0.2, 0.25) is 0 Å². The Bertz CT molecular complexity index is 2000. The Kier molecular flexibility index (Phi) is 7.41. The van der Waals surface area contributed by atoms with Crippen LogP contribution in [0, 0.1) is 11.8 Å². The second-order valence-electron chi connectivity index (χ2n) is 10.1. The molecule has 0 saturated carbocycles. The van der Waals surface area contributed by atoms with Crippen LogP contribution in [-0.2, 0) is 9.59 Å². The first-order valence-corrected chi connectivity index (χ1v) is 13.8. The summed E-state index contributed by atoms with van der Waals surface area (Å²) < 4.78 is 3.10. The fourth-order valence-electron chi connectivity index (χ4n) is 5.19. The van der Waals surface area contributed by atoms with Gasteiger partial charge in [-0.15, -0.1) is 0 Å². The molecule has 214 valence electrons. The third kappa shape index (κ3) is 5.46. The Morgan fingerprint density at radius 2 is 1.95 bits per heavy atom. The molecule has 11 nitrogen and oxygen atoms in total. The van der Waals surface area contributed by atoms with E-state index in [0.29, 0.717) is 51.8 Å². The fourth-order valence-corrected chi connectivity index (χ4v) is 5.19. The van der Waals surface area contributed by atoms with Crippen LogP contribution in [0.1, 0.15) is 47.4 Å². The van der Waals surface area contributed by atoms with Gasteiger partial charge < -0.3 is 16.0 Å². The van der Waals surface area contributed by atoms with Crippen LogP contribution in [-0.4, -0.2) is 49.5 Å². The van der Waals surface area contributed by atoms with Crippen LogP contribution in [0.25, 0.3) is 22.1 Å². The zero-order valence-corrected chi connectivity index (χ0v) is 23.2. The molecule has 0 aliphatic carbocycles. The second-order valence-corrected chi connectivity index (χ2v) is 10.1. The van der Waals surface area contributed by atoms with Crippen molar-refractivity contribution < 1.29 is 14.4 Å². The average Bonchev–Trinajstić information content (AvgIpc) is 3.66. The van der Waals surface area contributed by atoms with Crippen molar-refractivity contribution in [2.45, 2.75) is 31.8 Å². The van der Waals surface area contributed by atoms with E-state index in [1.807, 2.05) is 55.5 Å². The first-order chi connectivity index (χ1) is 20.9. The molecule has 0 radical (unpaired) electrons. The zero-order chi connectivity index (χ0) is 29.9. The topological polar surface area (TPSA) is 139 Å². The van der Waals surface area contributed by atoms with Crippen LogP contribution in [0.3, 0.4) is 0 Å². The fraction of sp³-hybridized carbons (Fsp3) is 0.188. The molecule has 3 aromatic heterocycles. The number of nitrogens with one attached hydrogen (secondary N) is 3. The molecular formula is C32H27N7O4. The van der Waals surface area contributed by atoms with Crippen molar-refractivity contribution >= 4 is 34.1 Å². The predicted octanol–water partition coefficient (Wildman–Crippen LogP) is 2.27. The van der Waals surface area contributed by atoms with E-state index in [-0.39, 0.29) is 29.8 Å². The molecule has 2 atom stereocenters. The lowest BCUT2D eigenvalue weighted by Gasteiger charge is -2.21. The van der Waals surface area contributed by atoms with E-state index < -0.39 is 12.1 Å². The molecular weight excluding hydrogens is 546 g/mol. The Hall–Kier alpha value is -5.76. The van der Waals surface area contributed by atoms with E-state index in [1.165, 1.54) is 10.7 Å². The predicted molar refractivity (Wildman–Crippen MR) is 159 cm³/mol. The summed E-state index contributed by atoms with van der Waals surface area (Å²) in [6.07, 6.45) is 5.55. The summed E-state index contributed by atoms with van der Waals surface area (Å²) in [6.45, 7) is 1.88. The first-order valence-electron chi connectivity index (χ1n) is 13.8. The first kappa shape index (κ1) is 27.4. The number of pyridine rings is 1. The summed E-state index contributed by atoms with van der Waals surface area (Å²) in [6, 6.07) is 17.1. The lowest BCUT2D eigenvalue weighted by Crippen LogP contribution is -2.41. The summed E-state index contributed by atoms with van der Waals surface area (Å²) in [5.74, 6) is 5.16. The molecule has 0 spiro atoms. The van der Waals surface area contributed by atoms with Gasteiger partial charge in [0.1, 0.15) is 11.6 Å². The highest BCUT2D eigenvalue weighted by molar-refractivity contribution is 6.00. The third-order valence-electron chi connectivity index (χ3n) is 7.29. The Balaban J connectivity index is 1.34. The number of para-hydroxylation sites is 1. The van der Waals surface area contributed by atoms with Gasteiger partial charge >= 0.3 is 0 Å². The minimum Gasteiger partial charge on any atom is -0.344 e. The van der Waals surface area contributed by atoms with Crippen LogP contribution in [0.5, 0.6) is 0 Å². The lowest BCUT2D eigenvalue weighted by atomic mass is 10.0. The highest BCUT2D eigenvalue weighted by Gasteiger charge is 2.26. The van der Waals surface area contributed by atoms with Crippen molar-refractivity contribution in [3.05, 3.63) is 106 Å². The van der Waals surface area contributed by atoms with Gasteiger partial charge in [-0.25, -0.2) is 9.50 Å². The maximum Gasteiger partial charge on any atom is 0.264 e. The van der Waals surface area contributed by atoms with Gasteiger partial charge in [-0.2, -0.15) is 5.10 Å². The number of fused-ring (bicyclic) bond motifs is 2. The van der Waals surface area contributed by atoms with E-state index >= 15 is 0 Å². The minimum atomic E-state index is -0.565. The molecule has 11 heteroatoms. The Morgan fingerprint density at radius 1 is 1.12 bits per heavy atom. The van der Waals surface area contributed by atoms with Gasteiger partial charge in [-0.3, -0.25) is 23.7 Å². The van der Waals surface area contributed by atoms with Crippen LogP contribution in [0.15, 0.2) is 84.0 Å². The SMILES string of the molecule is C[C@H](NC(=O)c1cnn2cccnc12)c1cc2cccc(C#CCNC(=O)[C@@H]3CCC(=O)N3)c2c(=O)n1-c1ccccc1. The van der Waals surface area contributed by atoms with E-state index in [2.05, 4.69) is 37.9 Å². The number of benzene rings is 2. The van der Waals surface area contributed by atoms with Crippen molar-refractivity contribution in [3.8, 4) is 17.5 Å². The minimum absolute atomic E-state index is 0.0635. The zero-order valence-electron chi connectivity index (χ0n) is 23.2. The van der Waals surface area contributed by atoms with Crippen molar-refractivity contribution in [1.29, 1.82) is 0 Å². The van der Waals surface area contributed by atoms with E-state index in [0.717, 1.165) is 0 Å². The van der Waals surface area contributed by atoms with Crippen molar-refractivity contribution in [2.24, 2.45) is 0 Å². The normalized spacial score (nSPS) is 15.0. The quantitative estimate of drug-likeness (QED) is 0.267. The van der Waals surface area contributed by atoms with Gasteiger partial charge in [0.05, 0.1) is 24.2 Å². The van der Waals surface area contributed by atoms with Gasteiger partial charge in [0, 0.05) is 35.8 Å². The molecule has 0 unspecified atom stereocenters. The molecule has 5 aromatic rings.